The number of carbonyl (C=O) groups is 2. The normalized spacial score (nSPS) is 15.6. The van der Waals surface area contributed by atoms with Gasteiger partial charge in [-0.2, -0.15) is 0 Å². The predicted molar refractivity (Wildman–Crippen MR) is 95.5 cm³/mol. The van der Waals surface area contributed by atoms with E-state index in [1.807, 2.05) is 61.5 Å². The number of nitrogens with zero attached hydrogens (tertiary/aromatic N) is 1. The molecule has 1 atom stereocenters. The number of benzene rings is 2. The van der Waals surface area contributed by atoms with Crippen LogP contribution in [0.4, 0.5) is 11.4 Å². The van der Waals surface area contributed by atoms with E-state index in [0.29, 0.717) is 18.5 Å². The molecule has 1 aliphatic heterocycles. The number of hydrogen-bond donors (Lipinski definition) is 2. The number of rotatable bonds is 5. The fourth-order valence-electron chi connectivity index (χ4n) is 2.92. The van der Waals surface area contributed by atoms with Gasteiger partial charge in [-0.3, -0.25) is 9.59 Å². The average molecular weight is 323 g/mol. The van der Waals surface area contributed by atoms with Crippen LogP contribution in [0.15, 0.2) is 48.5 Å². The second-order valence-corrected chi connectivity index (χ2v) is 6.12. The minimum atomic E-state index is -0.199. The third kappa shape index (κ3) is 3.25. The fourth-order valence-corrected chi connectivity index (χ4v) is 2.92. The second-order valence-electron chi connectivity index (χ2n) is 6.12. The molecule has 2 aromatic carbocycles. The van der Waals surface area contributed by atoms with E-state index in [0.717, 1.165) is 16.9 Å². The van der Waals surface area contributed by atoms with E-state index in [2.05, 4.69) is 10.6 Å². The summed E-state index contributed by atoms with van der Waals surface area (Å²) in [6, 6.07) is 15.2. The molecule has 5 nitrogen and oxygen atoms in total. The van der Waals surface area contributed by atoms with Crippen molar-refractivity contribution in [1.29, 1.82) is 0 Å². The van der Waals surface area contributed by atoms with Gasteiger partial charge in [-0.15, -0.1) is 0 Å². The van der Waals surface area contributed by atoms with E-state index in [9.17, 15) is 9.59 Å². The molecule has 1 aliphatic rings. The van der Waals surface area contributed by atoms with Gasteiger partial charge in [0, 0.05) is 37.6 Å². The molecule has 0 bridgehead atoms. The summed E-state index contributed by atoms with van der Waals surface area (Å²) >= 11 is 0. The Balaban J connectivity index is 1.60. The number of anilines is 2. The predicted octanol–water partition coefficient (Wildman–Crippen LogP) is 2.61. The number of carbonyl (C=O) groups excluding carboxylic acids is 2. The number of nitrogens with one attached hydrogen (secondary N) is 2. The van der Waals surface area contributed by atoms with Gasteiger partial charge in [-0.05, 0) is 36.2 Å². The fraction of sp³-hybridized carbons (Fsp3) is 0.263. The van der Waals surface area contributed by atoms with Crippen LogP contribution >= 0.6 is 0 Å². The highest BCUT2D eigenvalue weighted by Gasteiger charge is 2.29. The van der Waals surface area contributed by atoms with E-state index in [-0.39, 0.29) is 17.7 Å². The zero-order valence-electron chi connectivity index (χ0n) is 13.9. The lowest BCUT2D eigenvalue weighted by molar-refractivity contribution is -0.117. The van der Waals surface area contributed by atoms with E-state index in [1.165, 1.54) is 0 Å². The largest absolute Gasteiger partial charge is 0.378 e. The maximum atomic E-state index is 12.3. The average Bonchev–Trinajstić information content (AvgIpc) is 2.90. The monoisotopic (exact) mass is 323 g/mol. The van der Waals surface area contributed by atoms with E-state index < -0.39 is 0 Å². The van der Waals surface area contributed by atoms with Gasteiger partial charge < -0.3 is 15.5 Å². The maximum Gasteiger partial charge on any atom is 0.251 e. The van der Waals surface area contributed by atoms with Gasteiger partial charge >= 0.3 is 0 Å². The first-order chi connectivity index (χ1) is 11.6. The lowest BCUT2D eigenvalue weighted by Gasteiger charge is -2.14. The quantitative estimate of drug-likeness (QED) is 0.889. The van der Waals surface area contributed by atoms with Crippen LogP contribution < -0.4 is 15.5 Å². The smallest absolute Gasteiger partial charge is 0.251 e. The van der Waals surface area contributed by atoms with E-state index >= 15 is 0 Å². The highest BCUT2D eigenvalue weighted by molar-refractivity contribution is 6.02. The summed E-state index contributed by atoms with van der Waals surface area (Å²) in [4.78, 5) is 26.3. The van der Waals surface area contributed by atoms with Crippen LogP contribution in [0.3, 0.4) is 0 Å². The lowest BCUT2D eigenvalue weighted by Crippen LogP contribution is -2.27. The number of para-hydroxylation sites is 1. The van der Waals surface area contributed by atoms with Crippen LogP contribution in [-0.2, 0) is 4.79 Å². The molecule has 0 spiro atoms. The van der Waals surface area contributed by atoms with Crippen LogP contribution in [-0.4, -0.2) is 32.5 Å². The van der Waals surface area contributed by atoms with Crippen molar-refractivity contribution in [2.45, 2.75) is 12.3 Å². The van der Waals surface area contributed by atoms with E-state index in [4.69, 9.17) is 0 Å². The summed E-state index contributed by atoms with van der Waals surface area (Å²) in [5.74, 6) is -0.319. The standard InChI is InChI=1S/C19H21N3O2/c1-22(2)14-7-5-6-13(12-14)18(23)20-11-10-16-15-8-3-4-9-17(15)21-19(16)24/h3-9,12,16H,10-11H2,1-2H3,(H,20,23)(H,21,24). The molecule has 24 heavy (non-hydrogen) atoms. The van der Waals surface area contributed by atoms with Crippen molar-refractivity contribution >= 4 is 23.2 Å². The van der Waals surface area contributed by atoms with Gasteiger partial charge in [-0.25, -0.2) is 0 Å². The summed E-state index contributed by atoms with van der Waals surface area (Å²) in [5.41, 5.74) is 3.48. The third-order valence-corrected chi connectivity index (χ3v) is 4.25. The molecule has 2 N–H and O–H groups in total. The molecule has 0 fully saturated rings. The van der Waals surface area contributed by atoms with Crippen LogP contribution in [0.2, 0.25) is 0 Å². The van der Waals surface area contributed by atoms with Crippen molar-refractivity contribution in [1.82, 2.24) is 5.32 Å². The Morgan fingerprint density at radius 1 is 1.17 bits per heavy atom. The first-order valence-electron chi connectivity index (χ1n) is 8.01. The molecule has 1 heterocycles. The van der Waals surface area contributed by atoms with Crippen LogP contribution in [0.25, 0.3) is 0 Å². The van der Waals surface area contributed by atoms with E-state index in [1.54, 1.807) is 6.07 Å². The Morgan fingerprint density at radius 3 is 2.75 bits per heavy atom. The van der Waals surface area contributed by atoms with Crippen molar-refractivity contribution < 1.29 is 9.59 Å². The van der Waals surface area contributed by atoms with Crippen LogP contribution in [0, 0.1) is 0 Å². The summed E-state index contributed by atoms with van der Waals surface area (Å²) in [6.07, 6.45) is 0.585. The van der Waals surface area contributed by atoms with Crippen molar-refractivity contribution in [3.8, 4) is 0 Å². The molecule has 124 valence electrons. The highest BCUT2D eigenvalue weighted by Crippen LogP contribution is 2.33. The SMILES string of the molecule is CN(C)c1cccc(C(=O)NCCC2C(=O)Nc3ccccc32)c1. The molecule has 0 radical (unpaired) electrons. The second kappa shape index (κ2) is 6.74. The zero-order chi connectivity index (χ0) is 17.1. The van der Waals surface area contributed by atoms with Gasteiger partial charge in [0.05, 0.1) is 5.92 Å². The zero-order valence-corrected chi connectivity index (χ0v) is 13.9. The first kappa shape index (κ1) is 16.1. The van der Waals surface area contributed by atoms with Crippen molar-refractivity contribution in [2.24, 2.45) is 0 Å². The van der Waals surface area contributed by atoms with Crippen LogP contribution in [0.5, 0.6) is 0 Å². The van der Waals surface area contributed by atoms with Crippen LogP contribution in [0.1, 0.15) is 28.3 Å². The summed E-state index contributed by atoms with van der Waals surface area (Å²) in [6.45, 7) is 0.456. The Hall–Kier alpha value is -2.82. The number of amides is 2. The molecular weight excluding hydrogens is 302 g/mol. The molecule has 0 aliphatic carbocycles. The van der Waals surface area contributed by atoms with Crippen molar-refractivity contribution in [3.05, 3.63) is 59.7 Å². The molecule has 1 unspecified atom stereocenters. The van der Waals surface area contributed by atoms with Gasteiger partial charge in [0.25, 0.3) is 5.91 Å². The van der Waals surface area contributed by atoms with Crippen molar-refractivity contribution in [2.75, 3.05) is 30.9 Å². The van der Waals surface area contributed by atoms with Gasteiger partial charge in [-0.1, -0.05) is 24.3 Å². The number of hydrogen-bond acceptors (Lipinski definition) is 3. The van der Waals surface area contributed by atoms with Gasteiger partial charge in [0.2, 0.25) is 5.91 Å². The minimum Gasteiger partial charge on any atom is -0.378 e. The minimum absolute atomic E-state index is 0.0000501. The molecule has 5 heteroatoms. The maximum absolute atomic E-state index is 12.3. The third-order valence-electron chi connectivity index (χ3n) is 4.25. The molecule has 2 amide bonds. The molecule has 0 aromatic heterocycles. The topological polar surface area (TPSA) is 61.4 Å². The Labute approximate surface area is 141 Å². The molecule has 0 saturated carbocycles. The first-order valence-corrected chi connectivity index (χ1v) is 8.01. The summed E-state index contributed by atoms with van der Waals surface area (Å²) in [5, 5.41) is 5.79. The van der Waals surface area contributed by atoms with Gasteiger partial charge in [0.1, 0.15) is 0 Å². The Bertz CT molecular complexity index is 771. The molecule has 0 saturated heterocycles. The van der Waals surface area contributed by atoms with Gasteiger partial charge in [0.15, 0.2) is 0 Å². The molecular formula is C19H21N3O2. The highest BCUT2D eigenvalue weighted by atomic mass is 16.2. The lowest BCUT2D eigenvalue weighted by atomic mass is 9.97. The molecule has 2 aromatic rings. The number of fused-ring (bicyclic) bond motifs is 1. The summed E-state index contributed by atoms with van der Waals surface area (Å²) < 4.78 is 0. The summed E-state index contributed by atoms with van der Waals surface area (Å²) in [7, 11) is 3.88. The Morgan fingerprint density at radius 2 is 1.96 bits per heavy atom. The van der Waals surface area contributed by atoms with Crippen molar-refractivity contribution in [3.63, 3.8) is 0 Å². The molecule has 3 rings (SSSR count). The Kier molecular flexibility index (Phi) is 4.51.